The molecule has 0 radical (unpaired) electrons. The summed E-state index contributed by atoms with van der Waals surface area (Å²) in [4.78, 5) is 9.11. The Kier molecular flexibility index (Phi) is 5.84. The lowest BCUT2D eigenvalue weighted by atomic mass is 10.3. The van der Waals surface area contributed by atoms with Crippen molar-refractivity contribution in [1.82, 2.24) is 30.1 Å². The molecule has 1 aliphatic heterocycles. The molecule has 0 unspecified atom stereocenters. The van der Waals surface area contributed by atoms with E-state index < -0.39 is 0 Å². The number of aliphatic imine (C=N–C) groups is 1. The summed E-state index contributed by atoms with van der Waals surface area (Å²) in [5.41, 5.74) is 0.990. The van der Waals surface area contributed by atoms with Crippen LogP contribution in [0.3, 0.4) is 0 Å². The third kappa shape index (κ3) is 4.58. The summed E-state index contributed by atoms with van der Waals surface area (Å²) in [5.74, 6) is 0.983. The highest BCUT2D eigenvalue weighted by Gasteiger charge is 2.20. The van der Waals surface area contributed by atoms with Gasteiger partial charge in [0.15, 0.2) is 5.96 Å². The van der Waals surface area contributed by atoms with Crippen molar-refractivity contribution in [2.75, 3.05) is 39.8 Å². The number of aryl methyl sites for hydroxylation is 1. The third-order valence-electron chi connectivity index (χ3n) is 4.17. The molecule has 1 fully saturated rings. The molecule has 24 heavy (non-hydrogen) atoms. The van der Waals surface area contributed by atoms with E-state index in [1.807, 2.05) is 36.3 Å². The van der Waals surface area contributed by atoms with Crippen molar-refractivity contribution < 1.29 is 4.52 Å². The van der Waals surface area contributed by atoms with E-state index in [9.17, 15) is 0 Å². The van der Waals surface area contributed by atoms with Crippen molar-refractivity contribution in [2.45, 2.75) is 19.5 Å². The van der Waals surface area contributed by atoms with Gasteiger partial charge in [0.25, 0.3) is 0 Å². The molecule has 8 nitrogen and oxygen atoms in total. The van der Waals surface area contributed by atoms with Crippen LogP contribution in [-0.4, -0.2) is 70.5 Å². The summed E-state index contributed by atoms with van der Waals surface area (Å²) in [7, 11) is 1.84. The second-order valence-corrected chi connectivity index (χ2v) is 5.85. The maximum Gasteiger partial charge on any atom is 0.193 e. The molecule has 8 heteroatoms. The molecule has 3 heterocycles. The van der Waals surface area contributed by atoms with Gasteiger partial charge >= 0.3 is 0 Å². The molecule has 3 rings (SSSR count). The van der Waals surface area contributed by atoms with E-state index in [-0.39, 0.29) is 0 Å². The predicted octanol–water partition coefficient (Wildman–Crippen LogP) is 0.654. The average molecular weight is 331 g/mol. The van der Waals surface area contributed by atoms with Crippen LogP contribution in [0.25, 0.3) is 0 Å². The largest absolute Gasteiger partial charge is 0.364 e. The molecule has 0 spiro atoms. The first kappa shape index (κ1) is 16.5. The molecule has 0 bridgehead atoms. The normalized spacial score (nSPS) is 16.5. The Morgan fingerprint density at radius 1 is 1.33 bits per heavy atom. The highest BCUT2D eigenvalue weighted by molar-refractivity contribution is 5.79. The summed E-state index contributed by atoms with van der Waals surface area (Å²) in [6.45, 7) is 6.60. The van der Waals surface area contributed by atoms with E-state index in [1.54, 1.807) is 6.26 Å². The molecule has 2 aromatic heterocycles. The molecule has 130 valence electrons. The Bertz CT molecular complexity index is 600. The first-order valence-electron chi connectivity index (χ1n) is 8.40. The van der Waals surface area contributed by atoms with Crippen LogP contribution >= 0.6 is 0 Å². The number of hydrogen-bond acceptors (Lipinski definition) is 5. The lowest BCUT2D eigenvalue weighted by Crippen LogP contribution is -2.52. The SMILES string of the molecule is CN=C(NCCCn1cccn1)N1CCN(Cc2ccon2)CC1. The summed E-state index contributed by atoms with van der Waals surface area (Å²) in [6.07, 6.45) is 6.45. The smallest absolute Gasteiger partial charge is 0.193 e. The Hall–Kier alpha value is -2.35. The van der Waals surface area contributed by atoms with Crippen LogP contribution in [-0.2, 0) is 13.1 Å². The molecule has 0 saturated carbocycles. The second kappa shape index (κ2) is 8.49. The van der Waals surface area contributed by atoms with Crippen molar-refractivity contribution in [2.24, 2.45) is 4.99 Å². The Morgan fingerprint density at radius 2 is 2.21 bits per heavy atom. The number of piperazine rings is 1. The molecule has 0 amide bonds. The maximum absolute atomic E-state index is 4.89. The van der Waals surface area contributed by atoms with Gasteiger partial charge in [-0.1, -0.05) is 5.16 Å². The quantitative estimate of drug-likeness (QED) is 0.476. The van der Waals surface area contributed by atoms with Crippen LogP contribution in [0.4, 0.5) is 0 Å². The van der Waals surface area contributed by atoms with Crippen LogP contribution in [0.2, 0.25) is 0 Å². The van der Waals surface area contributed by atoms with Gasteiger partial charge in [-0.2, -0.15) is 5.10 Å². The summed E-state index contributed by atoms with van der Waals surface area (Å²) < 4.78 is 6.84. The van der Waals surface area contributed by atoms with Gasteiger partial charge in [0.05, 0.1) is 5.69 Å². The fourth-order valence-corrected chi connectivity index (χ4v) is 2.87. The van der Waals surface area contributed by atoms with Crippen LogP contribution < -0.4 is 5.32 Å². The average Bonchev–Trinajstić information content (AvgIpc) is 3.30. The standard InChI is InChI=1S/C16H25N7O/c1-17-16(18-5-2-7-23-8-3-6-19-23)22-11-9-21(10-12-22)14-15-4-13-24-20-15/h3-4,6,8,13H,2,5,7,9-12,14H2,1H3,(H,17,18). The zero-order chi connectivity index (χ0) is 16.6. The second-order valence-electron chi connectivity index (χ2n) is 5.85. The van der Waals surface area contributed by atoms with Crippen molar-refractivity contribution in [3.63, 3.8) is 0 Å². The van der Waals surface area contributed by atoms with Crippen LogP contribution in [0.1, 0.15) is 12.1 Å². The number of aromatic nitrogens is 3. The van der Waals surface area contributed by atoms with Gasteiger partial charge in [-0.15, -0.1) is 0 Å². The van der Waals surface area contributed by atoms with Crippen molar-refractivity contribution >= 4 is 5.96 Å². The third-order valence-corrected chi connectivity index (χ3v) is 4.17. The first-order chi connectivity index (χ1) is 11.8. The van der Waals surface area contributed by atoms with Crippen molar-refractivity contribution in [3.05, 3.63) is 36.5 Å². The van der Waals surface area contributed by atoms with Crippen LogP contribution in [0, 0.1) is 0 Å². The molecule has 1 saturated heterocycles. The summed E-state index contributed by atoms with van der Waals surface area (Å²) >= 11 is 0. The van der Waals surface area contributed by atoms with Gasteiger partial charge in [0.1, 0.15) is 6.26 Å². The van der Waals surface area contributed by atoms with E-state index >= 15 is 0 Å². The van der Waals surface area contributed by atoms with Crippen LogP contribution in [0.15, 0.2) is 40.3 Å². The summed E-state index contributed by atoms with van der Waals surface area (Å²) in [5, 5.41) is 11.6. The molecule has 0 aromatic carbocycles. The Balaban J connectivity index is 1.37. The zero-order valence-corrected chi connectivity index (χ0v) is 14.1. The molecule has 1 aliphatic rings. The van der Waals surface area contributed by atoms with Gasteiger partial charge in [0, 0.05) is 71.3 Å². The van der Waals surface area contributed by atoms with Crippen molar-refractivity contribution in [3.8, 4) is 0 Å². The zero-order valence-electron chi connectivity index (χ0n) is 14.1. The molecule has 2 aromatic rings. The van der Waals surface area contributed by atoms with Gasteiger partial charge in [-0.25, -0.2) is 0 Å². The monoisotopic (exact) mass is 331 g/mol. The predicted molar refractivity (Wildman–Crippen MR) is 91.6 cm³/mol. The van der Waals surface area contributed by atoms with Gasteiger partial charge < -0.3 is 14.7 Å². The van der Waals surface area contributed by atoms with E-state index in [0.29, 0.717) is 0 Å². The van der Waals surface area contributed by atoms with E-state index in [2.05, 4.69) is 30.4 Å². The van der Waals surface area contributed by atoms with Gasteiger partial charge in [-0.05, 0) is 12.5 Å². The number of rotatable bonds is 6. The number of hydrogen-bond donors (Lipinski definition) is 1. The first-order valence-corrected chi connectivity index (χ1v) is 8.40. The minimum absolute atomic E-state index is 0.847. The van der Waals surface area contributed by atoms with E-state index in [0.717, 1.165) is 63.9 Å². The van der Waals surface area contributed by atoms with Crippen LogP contribution in [0.5, 0.6) is 0 Å². The number of nitrogens with one attached hydrogen (secondary N) is 1. The van der Waals surface area contributed by atoms with Gasteiger partial charge in [-0.3, -0.25) is 14.6 Å². The summed E-state index contributed by atoms with van der Waals surface area (Å²) in [6, 6.07) is 3.87. The lowest BCUT2D eigenvalue weighted by molar-refractivity contribution is 0.169. The number of nitrogens with zero attached hydrogens (tertiary/aromatic N) is 6. The van der Waals surface area contributed by atoms with Gasteiger partial charge in [0.2, 0.25) is 0 Å². The lowest BCUT2D eigenvalue weighted by Gasteiger charge is -2.36. The number of guanidine groups is 1. The van der Waals surface area contributed by atoms with E-state index in [4.69, 9.17) is 4.52 Å². The molecular formula is C16H25N7O. The molecule has 1 N–H and O–H groups in total. The van der Waals surface area contributed by atoms with E-state index in [1.165, 1.54) is 0 Å². The molecular weight excluding hydrogens is 306 g/mol. The maximum atomic E-state index is 4.89. The fraction of sp³-hybridized carbons (Fsp3) is 0.562. The fourth-order valence-electron chi connectivity index (χ4n) is 2.87. The Morgan fingerprint density at radius 3 is 2.88 bits per heavy atom. The Labute approximate surface area is 142 Å². The van der Waals surface area contributed by atoms with Crippen molar-refractivity contribution in [1.29, 1.82) is 0 Å². The highest BCUT2D eigenvalue weighted by Crippen LogP contribution is 2.07. The minimum Gasteiger partial charge on any atom is -0.364 e. The molecule has 0 aliphatic carbocycles. The molecule has 0 atom stereocenters. The minimum atomic E-state index is 0.847. The highest BCUT2D eigenvalue weighted by atomic mass is 16.5. The topological polar surface area (TPSA) is 74.7 Å².